The van der Waals surface area contributed by atoms with Crippen LogP contribution in [0.1, 0.15) is 27.2 Å². The molecule has 0 atom stereocenters. The first-order valence-corrected chi connectivity index (χ1v) is 8.46. The Morgan fingerprint density at radius 2 is 1.82 bits per heavy atom. The van der Waals surface area contributed by atoms with Crippen molar-refractivity contribution in [1.82, 2.24) is 9.80 Å². The maximum Gasteiger partial charge on any atom is 0.148 e. The van der Waals surface area contributed by atoms with Gasteiger partial charge in [0.2, 0.25) is 0 Å². The molecule has 0 aromatic rings. The number of hydrogen-bond donors (Lipinski definition) is 0. The molecule has 0 amide bonds. The molecule has 0 aliphatic carbocycles. The fraction of sp³-hybridized carbons (Fsp3) is 1.00. The molecule has 1 aliphatic heterocycles. The highest BCUT2D eigenvalue weighted by Crippen LogP contribution is 2.20. The molecule has 1 fully saturated rings. The van der Waals surface area contributed by atoms with Gasteiger partial charge in [-0.3, -0.25) is 4.90 Å². The first-order chi connectivity index (χ1) is 7.74. The number of hydrogen-bond acceptors (Lipinski definition) is 4. The SMILES string of the molecule is CCCN1CCN(CCS(C)(=O)=O)C(C)(C)C1. The van der Waals surface area contributed by atoms with Crippen LogP contribution in [0.2, 0.25) is 0 Å². The van der Waals surface area contributed by atoms with Crippen LogP contribution in [0.3, 0.4) is 0 Å². The van der Waals surface area contributed by atoms with E-state index >= 15 is 0 Å². The van der Waals surface area contributed by atoms with Crippen LogP contribution in [0.5, 0.6) is 0 Å². The van der Waals surface area contributed by atoms with Gasteiger partial charge in [-0.2, -0.15) is 0 Å². The summed E-state index contributed by atoms with van der Waals surface area (Å²) in [6.45, 7) is 11.5. The lowest BCUT2D eigenvalue weighted by Gasteiger charge is -2.47. The van der Waals surface area contributed by atoms with Crippen LogP contribution in [-0.4, -0.2) is 68.5 Å². The van der Waals surface area contributed by atoms with Gasteiger partial charge in [0.05, 0.1) is 5.75 Å². The molecular formula is C12H26N2O2S. The Balaban J connectivity index is 2.53. The minimum absolute atomic E-state index is 0.0815. The van der Waals surface area contributed by atoms with E-state index < -0.39 is 9.84 Å². The van der Waals surface area contributed by atoms with E-state index in [1.807, 2.05) is 0 Å². The van der Waals surface area contributed by atoms with E-state index in [0.29, 0.717) is 6.54 Å². The fourth-order valence-electron chi connectivity index (χ4n) is 2.49. The second-order valence-electron chi connectivity index (χ2n) is 5.71. The highest BCUT2D eigenvalue weighted by molar-refractivity contribution is 7.90. The Hall–Kier alpha value is -0.130. The second-order valence-corrected chi connectivity index (χ2v) is 7.97. The van der Waals surface area contributed by atoms with Crippen LogP contribution >= 0.6 is 0 Å². The molecule has 0 radical (unpaired) electrons. The summed E-state index contributed by atoms with van der Waals surface area (Å²) in [7, 11) is -2.85. The summed E-state index contributed by atoms with van der Waals surface area (Å²) in [6.07, 6.45) is 2.49. The van der Waals surface area contributed by atoms with E-state index in [-0.39, 0.29) is 11.3 Å². The molecular weight excluding hydrogens is 236 g/mol. The molecule has 0 bridgehead atoms. The van der Waals surface area contributed by atoms with Crippen molar-refractivity contribution in [3.63, 3.8) is 0 Å². The van der Waals surface area contributed by atoms with Gasteiger partial charge in [0.25, 0.3) is 0 Å². The van der Waals surface area contributed by atoms with Gasteiger partial charge in [0.15, 0.2) is 0 Å². The number of piperazine rings is 1. The van der Waals surface area contributed by atoms with Crippen molar-refractivity contribution < 1.29 is 8.42 Å². The second kappa shape index (κ2) is 5.67. The summed E-state index contributed by atoms with van der Waals surface area (Å²) in [4.78, 5) is 4.77. The van der Waals surface area contributed by atoms with Gasteiger partial charge in [0.1, 0.15) is 9.84 Å². The molecule has 102 valence electrons. The Bertz CT molecular complexity index is 338. The van der Waals surface area contributed by atoms with Crippen molar-refractivity contribution >= 4 is 9.84 Å². The molecule has 0 spiro atoms. The third-order valence-corrected chi connectivity index (χ3v) is 4.35. The monoisotopic (exact) mass is 262 g/mol. The molecule has 1 aliphatic rings. The lowest BCUT2D eigenvalue weighted by Crippen LogP contribution is -2.60. The maximum atomic E-state index is 11.2. The Morgan fingerprint density at radius 3 is 2.29 bits per heavy atom. The maximum absolute atomic E-state index is 11.2. The van der Waals surface area contributed by atoms with Gasteiger partial charge in [-0.15, -0.1) is 0 Å². The van der Waals surface area contributed by atoms with Crippen molar-refractivity contribution in [2.45, 2.75) is 32.7 Å². The summed E-state index contributed by atoms with van der Waals surface area (Å²) in [6, 6.07) is 0. The van der Waals surface area contributed by atoms with Crippen LogP contribution in [0.4, 0.5) is 0 Å². The summed E-state index contributed by atoms with van der Waals surface area (Å²) in [5.41, 5.74) is 0.0815. The smallest absolute Gasteiger partial charge is 0.148 e. The Kier molecular flexibility index (Phi) is 4.98. The normalized spacial score (nSPS) is 22.8. The molecule has 1 heterocycles. The zero-order valence-electron chi connectivity index (χ0n) is 11.6. The summed E-state index contributed by atoms with van der Waals surface area (Å²) < 4.78 is 22.4. The molecule has 0 aromatic heterocycles. The van der Waals surface area contributed by atoms with Crippen LogP contribution in [-0.2, 0) is 9.84 Å². The minimum atomic E-state index is -2.85. The summed E-state index contributed by atoms with van der Waals surface area (Å²) >= 11 is 0. The minimum Gasteiger partial charge on any atom is -0.300 e. The van der Waals surface area contributed by atoms with Gasteiger partial charge in [0, 0.05) is 38.0 Å². The van der Waals surface area contributed by atoms with Gasteiger partial charge in [-0.05, 0) is 26.8 Å². The van der Waals surface area contributed by atoms with E-state index in [1.165, 1.54) is 12.7 Å². The van der Waals surface area contributed by atoms with Crippen molar-refractivity contribution in [3.05, 3.63) is 0 Å². The van der Waals surface area contributed by atoms with Crippen LogP contribution in [0.25, 0.3) is 0 Å². The number of sulfone groups is 1. The average Bonchev–Trinajstić information content (AvgIpc) is 2.14. The van der Waals surface area contributed by atoms with Crippen LogP contribution < -0.4 is 0 Å². The summed E-state index contributed by atoms with van der Waals surface area (Å²) in [5.74, 6) is 0.268. The molecule has 0 saturated carbocycles. The van der Waals surface area contributed by atoms with Crippen LogP contribution in [0, 0.1) is 0 Å². The van der Waals surface area contributed by atoms with Gasteiger partial charge in [-0.25, -0.2) is 8.42 Å². The Morgan fingerprint density at radius 1 is 1.18 bits per heavy atom. The van der Waals surface area contributed by atoms with Crippen molar-refractivity contribution in [2.24, 2.45) is 0 Å². The lowest BCUT2D eigenvalue weighted by atomic mass is 9.99. The van der Waals surface area contributed by atoms with Gasteiger partial charge >= 0.3 is 0 Å². The first kappa shape index (κ1) is 14.9. The molecule has 17 heavy (non-hydrogen) atoms. The quantitative estimate of drug-likeness (QED) is 0.736. The van der Waals surface area contributed by atoms with Gasteiger partial charge in [-0.1, -0.05) is 6.92 Å². The van der Waals surface area contributed by atoms with Crippen molar-refractivity contribution in [1.29, 1.82) is 0 Å². The van der Waals surface area contributed by atoms with Crippen LogP contribution in [0.15, 0.2) is 0 Å². The molecule has 4 nitrogen and oxygen atoms in total. The van der Waals surface area contributed by atoms with Crippen molar-refractivity contribution in [3.8, 4) is 0 Å². The zero-order valence-corrected chi connectivity index (χ0v) is 12.4. The van der Waals surface area contributed by atoms with E-state index in [2.05, 4.69) is 30.6 Å². The largest absolute Gasteiger partial charge is 0.300 e. The predicted octanol–water partition coefficient (Wildman–Crippen LogP) is 0.837. The van der Waals surface area contributed by atoms with Crippen molar-refractivity contribution in [2.75, 3.05) is 44.7 Å². The van der Waals surface area contributed by atoms with E-state index in [9.17, 15) is 8.42 Å². The highest BCUT2D eigenvalue weighted by atomic mass is 32.2. The highest BCUT2D eigenvalue weighted by Gasteiger charge is 2.33. The molecule has 0 unspecified atom stereocenters. The number of nitrogens with zero attached hydrogens (tertiary/aromatic N) is 2. The van der Waals surface area contributed by atoms with E-state index in [1.54, 1.807) is 0 Å². The molecule has 1 rings (SSSR count). The van der Waals surface area contributed by atoms with E-state index in [0.717, 1.165) is 26.2 Å². The molecule has 5 heteroatoms. The molecule has 0 N–H and O–H groups in total. The topological polar surface area (TPSA) is 40.6 Å². The number of rotatable bonds is 5. The lowest BCUT2D eigenvalue weighted by molar-refractivity contribution is 0.0246. The summed E-state index contributed by atoms with van der Waals surface area (Å²) in [5, 5.41) is 0. The van der Waals surface area contributed by atoms with E-state index in [4.69, 9.17) is 0 Å². The standard InChI is InChI=1S/C12H26N2O2S/c1-5-6-13-7-8-14(12(2,3)11-13)9-10-17(4,15)16/h5-11H2,1-4H3. The fourth-order valence-corrected chi connectivity index (χ4v) is 3.04. The third kappa shape index (κ3) is 4.94. The van der Waals surface area contributed by atoms with Gasteiger partial charge < -0.3 is 4.90 Å². The Labute approximate surface area is 106 Å². The molecule has 0 aromatic carbocycles. The predicted molar refractivity (Wildman–Crippen MR) is 72.1 cm³/mol. The zero-order chi connectivity index (χ0) is 13.1. The first-order valence-electron chi connectivity index (χ1n) is 6.40. The third-order valence-electron chi connectivity index (χ3n) is 3.42. The molecule has 1 saturated heterocycles. The average molecular weight is 262 g/mol.